The van der Waals surface area contributed by atoms with Gasteiger partial charge in [0.1, 0.15) is 6.29 Å². The quantitative estimate of drug-likeness (QED) is 0.743. The van der Waals surface area contributed by atoms with Gasteiger partial charge in [0.15, 0.2) is 0 Å². The van der Waals surface area contributed by atoms with Crippen molar-refractivity contribution in [3.05, 3.63) is 28.3 Å². The number of rotatable bonds is 3. The molecule has 0 spiro atoms. The van der Waals surface area contributed by atoms with Crippen LogP contribution < -0.4 is 0 Å². The predicted octanol–water partition coefficient (Wildman–Crippen LogP) is 3.60. The van der Waals surface area contributed by atoms with Gasteiger partial charge in [0.05, 0.1) is 0 Å². The van der Waals surface area contributed by atoms with Gasteiger partial charge in [0.25, 0.3) is 0 Å². The van der Waals surface area contributed by atoms with Crippen molar-refractivity contribution in [2.45, 2.75) is 44.3 Å². The maximum absolute atomic E-state index is 10.7. The van der Waals surface area contributed by atoms with E-state index in [9.17, 15) is 4.79 Å². The minimum atomic E-state index is 0.296. The van der Waals surface area contributed by atoms with E-state index in [0.717, 1.165) is 12.7 Å². The second-order valence-corrected chi connectivity index (χ2v) is 6.03. The Morgan fingerprint density at radius 3 is 2.19 bits per heavy atom. The summed E-state index contributed by atoms with van der Waals surface area (Å²) in [6.45, 7) is 8.69. The number of hydrogen-bond acceptors (Lipinski definition) is 2. The van der Waals surface area contributed by atoms with Gasteiger partial charge in [-0.2, -0.15) is 0 Å². The Bertz CT molecular complexity index is 411. The molecule has 2 heteroatoms. The summed E-state index contributed by atoms with van der Waals surface area (Å²) in [6, 6.07) is 2.25. The Morgan fingerprint density at radius 1 is 1.19 bits per heavy atom. The topological polar surface area (TPSA) is 17.1 Å². The third kappa shape index (κ3) is 2.03. The first kappa shape index (κ1) is 11.7. The number of benzene rings is 1. The summed E-state index contributed by atoms with van der Waals surface area (Å²) in [7, 11) is 0. The third-order valence-corrected chi connectivity index (χ3v) is 5.21. The first-order valence-electron chi connectivity index (χ1n) is 5.74. The molecule has 0 unspecified atom stereocenters. The van der Waals surface area contributed by atoms with Crippen molar-refractivity contribution in [3.63, 3.8) is 0 Å². The smallest absolute Gasteiger partial charge is 0.124 e. The van der Waals surface area contributed by atoms with Crippen LogP contribution in [0.5, 0.6) is 0 Å². The van der Waals surface area contributed by atoms with Crippen LogP contribution in [0.15, 0.2) is 11.0 Å². The third-order valence-electron chi connectivity index (χ3n) is 3.52. The van der Waals surface area contributed by atoms with E-state index in [2.05, 4.69) is 33.8 Å². The molecule has 0 amide bonds. The lowest BCUT2D eigenvalue weighted by Crippen LogP contribution is -1.95. The van der Waals surface area contributed by atoms with Crippen molar-refractivity contribution in [1.82, 2.24) is 0 Å². The Morgan fingerprint density at radius 2 is 1.75 bits per heavy atom. The average molecular weight is 234 g/mol. The minimum absolute atomic E-state index is 0.296. The summed E-state index contributed by atoms with van der Waals surface area (Å²) in [5.41, 5.74) is 5.47. The van der Waals surface area contributed by atoms with E-state index in [4.69, 9.17) is 0 Å². The standard InChI is InChI=1S/C14H18OS/c1-8-5-9(2)11(4)14(10(8)3)16-13-6-12(13)7-15/h5,7,12-13H,6H2,1-4H3/t12-,13-/m1/s1. The summed E-state index contributed by atoms with van der Waals surface area (Å²) >= 11 is 1.89. The fraction of sp³-hybridized carbons (Fsp3) is 0.500. The molecule has 0 aromatic heterocycles. The lowest BCUT2D eigenvalue weighted by atomic mass is 10.0. The van der Waals surface area contributed by atoms with Crippen molar-refractivity contribution < 1.29 is 4.79 Å². The molecule has 1 aromatic rings. The van der Waals surface area contributed by atoms with Gasteiger partial charge in [-0.1, -0.05) is 6.07 Å². The van der Waals surface area contributed by atoms with E-state index in [1.165, 1.54) is 27.1 Å². The average Bonchev–Trinajstić information content (AvgIpc) is 3.00. The molecule has 0 saturated heterocycles. The molecule has 0 heterocycles. The molecule has 1 saturated carbocycles. The second kappa shape index (κ2) is 4.25. The van der Waals surface area contributed by atoms with E-state index in [0.29, 0.717) is 11.2 Å². The molecule has 0 radical (unpaired) electrons. The van der Waals surface area contributed by atoms with Gasteiger partial charge in [-0.05, 0) is 56.4 Å². The molecule has 86 valence electrons. The van der Waals surface area contributed by atoms with Gasteiger partial charge in [-0.25, -0.2) is 0 Å². The van der Waals surface area contributed by atoms with Crippen LogP contribution >= 0.6 is 11.8 Å². The van der Waals surface area contributed by atoms with E-state index in [-0.39, 0.29) is 0 Å². The summed E-state index contributed by atoms with van der Waals surface area (Å²) in [4.78, 5) is 12.1. The Kier molecular flexibility index (Phi) is 3.11. The van der Waals surface area contributed by atoms with Crippen LogP contribution in [-0.2, 0) is 4.79 Å². The van der Waals surface area contributed by atoms with Crippen LogP contribution in [0.3, 0.4) is 0 Å². The van der Waals surface area contributed by atoms with Gasteiger partial charge < -0.3 is 4.79 Å². The Hall–Kier alpha value is -0.760. The van der Waals surface area contributed by atoms with Crippen LogP contribution in [0.1, 0.15) is 28.7 Å². The number of aryl methyl sites for hydroxylation is 2. The number of carbonyl (C=O) groups excluding carboxylic acids is 1. The van der Waals surface area contributed by atoms with Crippen LogP contribution in [0, 0.1) is 33.6 Å². The molecule has 0 N–H and O–H groups in total. The molecule has 0 aliphatic heterocycles. The molecule has 1 aliphatic rings. The Labute approximate surface area is 102 Å². The fourth-order valence-corrected chi connectivity index (χ4v) is 3.51. The van der Waals surface area contributed by atoms with E-state index in [1.807, 2.05) is 11.8 Å². The molecular weight excluding hydrogens is 216 g/mol. The highest BCUT2D eigenvalue weighted by Crippen LogP contribution is 2.46. The first-order valence-corrected chi connectivity index (χ1v) is 6.62. The summed E-state index contributed by atoms with van der Waals surface area (Å²) in [5, 5.41) is 0.524. The van der Waals surface area contributed by atoms with E-state index >= 15 is 0 Å². The molecule has 0 bridgehead atoms. The normalized spacial score (nSPS) is 23.2. The summed E-state index contributed by atoms with van der Waals surface area (Å²) in [5.74, 6) is 0.296. The van der Waals surface area contributed by atoms with Gasteiger partial charge >= 0.3 is 0 Å². The van der Waals surface area contributed by atoms with Crippen LogP contribution in [-0.4, -0.2) is 11.5 Å². The lowest BCUT2D eigenvalue weighted by Gasteiger charge is -2.14. The monoisotopic (exact) mass is 234 g/mol. The van der Waals surface area contributed by atoms with Crippen molar-refractivity contribution in [2.75, 3.05) is 0 Å². The molecule has 16 heavy (non-hydrogen) atoms. The molecule has 2 rings (SSSR count). The second-order valence-electron chi connectivity index (χ2n) is 4.78. The number of carbonyl (C=O) groups is 1. The molecule has 2 atom stereocenters. The highest BCUT2D eigenvalue weighted by atomic mass is 32.2. The van der Waals surface area contributed by atoms with Crippen molar-refractivity contribution in [2.24, 2.45) is 5.92 Å². The zero-order valence-corrected chi connectivity index (χ0v) is 11.1. The van der Waals surface area contributed by atoms with Gasteiger partial charge in [0.2, 0.25) is 0 Å². The van der Waals surface area contributed by atoms with Crippen molar-refractivity contribution in [3.8, 4) is 0 Å². The largest absolute Gasteiger partial charge is 0.303 e. The zero-order chi connectivity index (χ0) is 11.9. The van der Waals surface area contributed by atoms with E-state index in [1.54, 1.807) is 0 Å². The highest BCUT2D eigenvalue weighted by molar-refractivity contribution is 8.00. The van der Waals surface area contributed by atoms with Crippen LogP contribution in [0.25, 0.3) is 0 Å². The zero-order valence-electron chi connectivity index (χ0n) is 10.3. The maximum Gasteiger partial charge on any atom is 0.124 e. The Balaban J connectivity index is 2.29. The van der Waals surface area contributed by atoms with Crippen LogP contribution in [0.2, 0.25) is 0 Å². The summed E-state index contributed by atoms with van der Waals surface area (Å²) < 4.78 is 0. The minimum Gasteiger partial charge on any atom is -0.303 e. The SMILES string of the molecule is Cc1cc(C)c(C)c(S[C@@H]2C[C@@H]2C=O)c1C. The molecule has 1 aliphatic carbocycles. The van der Waals surface area contributed by atoms with Gasteiger partial charge in [-0.15, -0.1) is 11.8 Å². The lowest BCUT2D eigenvalue weighted by molar-refractivity contribution is -0.108. The maximum atomic E-state index is 10.7. The number of hydrogen-bond donors (Lipinski definition) is 0. The molecule has 1 aromatic carbocycles. The first-order chi connectivity index (χ1) is 7.54. The van der Waals surface area contributed by atoms with Crippen LogP contribution in [0.4, 0.5) is 0 Å². The van der Waals surface area contributed by atoms with Crippen molar-refractivity contribution >= 4 is 18.0 Å². The van der Waals surface area contributed by atoms with E-state index < -0.39 is 0 Å². The molecule has 1 fully saturated rings. The number of thioether (sulfide) groups is 1. The summed E-state index contributed by atoms with van der Waals surface area (Å²) in [6.07, 6.45) is 2.16. The van der Waals surface area contributed by atoms with Gasteiger partial charge in [0, 0.05) is 16.1 Å². The van der Waals surface area contributed by atoms with Crippen molar-refractivity contribution in [1.29, 1.82) is 0 Å². The number of aldehydes is 1. The predicted molar refractivity (Wildman–Crippen MR) is 69.2 cm³/mol. The molecule has 1 nitrogen and oxygen atoms in total. The van der Waals surface area contributed by atoms with Gasteiger partial charge in [-0.3, -0.25) is 0 Å². The fourth-order valence-electron chi connectivity index (χ4n) is 1.98. The highest BCUT2D eigenvalue weighted by Gasteiger charge is 2.38. The molecular formula is C14H18OS.